The highest BCUT2D eigenvalue weighted by molar-refractivity contribution is 5.87. The second-order valence-electron chi connectivity index (χ2n) is 8.78. The van der Waals surface area contributed by atoms with Crippen LogP contribution in [0.3, 0.4) is 0 Å². The molecule has 1 saturated heterocycles. The molecule has 0 radical (unpaired) electrons. The topological polar surface area (TPSA) is 109 Å². The fourth-order valence-electron chi connectivity index (χ4n) is 4.81. The molecule has 11 heteroatoms. The Kier molecular flexibility index (Phi) is 6.03. The van der Waals surface area contributed by atoms with Crippen molar-refractivity contribution in [3.8, 4) is 17.0 Å². The molecule has 2 aliphatic rings. The Hall–Kier alpha value is -3.34. The lowest BCUT2D eigenvalue weighted by molar-refractivity contribution is -0.165. The summed E-state index contributed by atoms with van der Waals surface area (Å²) in [6, 6.07) is 7.24. The lowest BCUT2D eigenvalue weighted by Gasteiger charge is -2.46. The lowest BCUT2D eigenvalue weighted by atomic mass is 9.77. The van der Waals surface area contributed by atoms with Crippen LogP contribution >= 0.6 is 0 Å². The molecular formula is C23H27F2N7O2. The summed E-state index contributed by atoms with van der Waals surface area (Å²) in [4.78, 5) is 4.60. The van der Waals surface area contributed by atoms with Gasteiger partial charge in [-0.3, -0.25) is 0 Å². The molecule has 0 bridgehead atoms. The Balaban J connectivity index is 1.41. The van der Waals surface area contributed by atoms with Gasteiger partial charge in [-0.25, -0.2) is 18.8 Å². The summed E-state index contributed by atoms with van der Waals surface area (Å²) in [7, 11) is 1.55. The normalized spacial score (nSPS) is 22.1. The highest BCUT2D eigenvalue weighted by Crippen LogP contribution is 2.41. The molecule has 0 unspecified atom stereocenters. The van der Waals surface area contributed by atoms with Gasteiger partial charge in [0.2, 0.25) is 11.8 Å². The van der Waals surface area contributed by atoms with Gasteiger partial charge in [0.05, 0.1) is 31.5 Å². The van der Waals surface area contributed by atoms with Crippen molar-refractivity contribution in [3.05, 3.63) is 30.5 Å². The summed E-state index contributed by atoms with van der Waals surface area (Å²) in [6.45, 7) is 0.341. The summed E-state index contributed by atoms with van der Waals surface area (Å²) in [5.74, 6) is 0.896. The maximum Gasteiger partial charge on any atom is 0.255 e. The minimum Gasteiger partial charge on any atom is -0.479 e. The molecule has 2 aromatic heterocycles. The first-order valence-electron chi connectivity index (χ1n) is 11.4. The number of aromatic nitrogens is 3. The molecule has 1 saturated carbocycles. The van der Waals surface area contributed by atoms with E-state index in [2.05, 4.69) is 25.8 Å². The molecule has 3 N–H and O–H groups in total. The first-order chi connectivity index (χ1) is 16.5. The van der Waals surface area contributed by atoms with Gasteiger partial charge in [0, 0.05) is 17.8 Å². The average Bonchev–Trinajstić information content (AvgIpc) is 3.25. The number of fused-ring (bicyclic) bond motifs is 1. The van der Waals surface area contributed by atoms with Crippen LogP contribution in [0.2, 0.25) is 0 Å². The summed E-state index contributed by atoms with van der Waals surface area (Å²) in [5, 5.41) is 14.2. The third kappa shape index (κ3) is 4.27. The van der Waals surface area contributed by atoms with E-state index in [9.17, 15) is 8.78 Å². The molecule has 9 nitrogen and oxygen atoms in total. The van der Waals surface area contributed by atoms with Crippen molar-refractivity contribution in [2.24, 2.45) is 5.11 Å². The van der Waals surface area contributed by atoms with Crippen molar-refractivity contribution in [2.45, 2.75) is 50.2 Å². The summed E-state index contributed by atoms with van der Waals surface area (Å²) in [6.07, 6.45) is 4.53. The average molecular weight is 472 g/mol. The van der Waals surface area contributed by atoms with Crippen molar-refractivity contribution in [1.82, 2.24) is 14.6 Å². The smallest absolute Gasteiger partial charge is 0.255 e. The predicted molar refractivity (Wildman–Crippen MR) is 123 cm³/mol. The second kappa shape index (κ2) is 9.13. The zero-order chi connectivity index (χ0) is 23.7. The fourth-order valence-corrected chi connectivity index (χ4v) is 4.81. The van der Waals surface area contributed by atoms with Crippen LogP contribution < -0.4 is 15.4 Å². The molecule has 3 heterocycles. The van der Waals surface area contributed by atoms with Crippen molar-refractivity contribution in [2.75, 3.05) is 30.9 Å². The van der Waals surface area contributed by atoms with E-state index in [0.717, 1.165) is 49.8 Å². The summed E-state index contributed by atoms with van der Waals surface area (Å²) in [5.41, 5.74) is 10.2. The summed E-state index contributed by atoms with van der Waals surface area (Å²) < 4.78 is 38.5. The maximum absolute atomic E-state index is 12.7. The highest BCUT2D eigenvalue weighted by atomic mass is 19.3. The van der Waals surface area contributed by atoms with Crippen LogP contribution in [0.25, 0.3) is 16.6 Å². The third-order valence-corrected chi connectivity index (χ3v) is 6.74. The molecule has 34 heavy (non-hydrogen) atoms. The molecule has 1 aliphatic carbocycles. The number of anilines is 2. The molecule has 0 amide bonds. The van der Waals surface area contributed by atoms with Crippen LogP contribution in [0.5, 0.6) is 5.88 Å². The number of hydrogen-bond donors (Lipinski definition) is 3. The van der Waals surface area contributed by atoms with E-state index >= 15 is 0 Å². The van der Waals surface area contributed by atoms with Gasteiger partial charge in [0.1, 0.15) is 11.2 Å². The predicted octanol–water partition coefficient (Wildman–Crippen LogP) is 5.26. The number of halogens is 2. The Morgan fingerprint density at radius 2 is 2.09 bits per heavy atom. The number of rotatable bonds is 8. The van der Waals surface area contributed by atoms with E-state index in [1.807, 2.05) is 12.3 Å². The van der Waals surface area contributed by atoms with Crippen molar-refractivity contribution in [3.63, 3.8) is 0 Å². The van der Waals surface area contributed by atoms with Gasteiger partial charge in [0.15, 0.2) is 0 Å². The molecule has 1 spiro atoms. The van der Waals surface area contributed by atoms with Gasteiger partial charge < -0.3 is 20.1 Å². The van der Waals surface area contributed by atoms with Crippen LogP contribution in [-0.2, 0) is 4.74 Å². The fraction of sp³-hybridized carbons (Fsp3) is 0.478. The van der Waals surface area contributed by atoms with Gasteiger partial charge in [0.25, 0.3) is 6.43 Å². The largest absolute Gasteiger partial charge is 0.479 e. The van der Waals surface area contributed by atoms with Crippen LogP contribution in [0.1, 0.15) is 32.1 Å². The molecule has 5 rings (SSSR count). The minimum absolute atomic E-state index is 0.0990. The number of benzene rings is 1. The Bertz CT molecular complexity index is 1190. The van der Waals surface area contributed by atoms with Gasteiger partial charge in [-0.2, -0.15) is 10.1 Å². The van der Waals surface area contributed by atoms with Crippen LogP contribution in [0, 0.1) is 5.53 Å². The molecule has 0 atom stereocenters. The van der Waals surface area contributed by atoms with Crippen LogP contribution in [-0.4, -0.2) is 52.9 Å². The molecule has 1 aliphatic heterocycles. The lowest BCUT2D eigenvalue weighted by Crippen LogP contribution is -2.48. The third-order valence-electron chi connectivity index (χ3n) is 6.74. The van der Waals surface area contributed by atoms with Crippen LogP contribution in [0.15, 0.2) is 35.6 Å². The van der Waals surface area contributed by atoms with Gasteiger partial charge in [-0.15, -0.1) is 5.10 Å². The molecule has 180 valence electrons. The van der Waals surface area contributed by atoms with Gasteiger partial charge in [-0.05, 0) is 55.9 Å². The van der Waals surface area contributed by atoms with Gasteiger partial charge >= 0.3 is 0 Å². The van der Waals surface area contributed by atoms with E-state index in [0.29, 0.717) is 23.0 Å². The van der Waals surface area contributed by atoms with E-state index in [-0.39, 0.29) is 17.3 Å². The Morgan fingerprint density at radius 3 is 2.74 bits per heavy atom. The number of nitrogens with zero attached hydrogens (tertiary/aromatic N) is 4. The highest BCUT2D eigenvalue weighted by Gasteiger charge is 2.41. The first-order valence-corrected chi connectivity index (χ1v) is 11.4. The molecular weight excluding hydrogens is 444 g/mol. The van der Waals surface area contributed by atoms with Crippen molar-refractivity contribution in [1.29, 1.82) is 5.53 Å². The number of methoxy groups -OCH3 is 1. The van der Waals surface area contributed by atoms with Crippen molar-refractivity contribution < 1.29 is 18.3 Å². The zero-order valence-corrected chi connectivity index (χ0v) is 18.9. The number of nitrogens with one attached hydrogen (secondary N) is 3. The quantitative estimate of drug-likeness (QED) is 0.387. The van der Waals surface area contributed by atoms with E-state index in [4.69, 9.17) is 15.0 Å². The Morgan fingerprint density at radius 1 is 1.29 bits per heavy atom. The molecule has 3 aromatic rings. The van der Waals surface area contributed by atoms with Crippen molar-refractivity contribution >= 4 is 22.8 Å². The number of ether oxygens (including phenoxy) is 2. The summed E-state index contributed by atoms with van der Waals surface area (Å²) >= 11 is 0. The van der Waals surface area contributed by atoms with Gasteiger partial charge in [-0.1, -0.05) is 6.07 Å². The van der Waals surface area contributed by atoms with E-state index in [1.165, 1.54) is 0 Å². The monoisotopic (exact) mass is 471 g/mol. The van der Waals surface area contributed by atoms with Crippen LogP contribution in [0.4, 0.5) is 26.1 Å². The zero-order valence-electron chi connectivity index (χ0n) is 18.9. The Labute approximate surface area is 195 Å². The SMILES string of the molecule is COc1nc(NC2CCC3(CCO3)CC2)nn2ccc(-c3ccc(N=N)c(NCC(F)F)c3)c12. The number of hydrogen-bond acceptors (Lipinski definition) is 8. The van der Waals surface area contributed by atoms with E-state index < -0.39 is 13.0 Å². The second-order valence-corrected chi connectivity index (χ2v) is 8.78. The standard InChI is InChI=1S/C23H27F2N7O2/c1-33-21-20-16(14-2-3-17(30-26)18(12-14)27-13-19(24)25)6-10-32(20)31-22(29-21)28-15-4-7-23(8-5-15)9-11-34-23/h2-3,6,10,12,15,19,26-27H,4-5,7-9,11,13H2,1H3,(H,28,31). The number of alkyl halides is 2. The first kappa shape index (κ1) is 22.5. The maximum atomic E-state index is 12.7. The molecule has 2 fully saturated rings. The molecule has 1 aromatic carbocycles. The van der Waals surface area contributed by atoms with E-state index in [1.54, 1.807) is 29.8 Å². The minimum atomic E-state index is -2.52.